The van der Waals surface area contributed by atoms with Gasteiger partial charge in [0.1, 0.15) is 17.1 Å². The number of likely N-dealkylation sites (tertiary alicyclic amines) is 1. The van der Waals surface area contributed by atoms with Gasteiger partial charge in [-0.3, -0.25) is 4.79 Å². The van der Waals surface area contributed by atoms with Crippen LogP contribution in [0.15, 0.2) is 42.5 Å². The van der Waals surface area contributed by atoms with Crippen molar-refractivity contribution in [1.82, 2.24) is 4.90 Å². The molecule has 0 radical (unpaired) electrons. The summed E-state index contributed by atoms with van der Waals surface area (Å²) >= 11 is 6.29. The second-order valence-corrected chi connectivity index (χ2v) is 10.6. The van der Waals surface area contributed by atoms with Gasteiger partial charge in [0.2, 0.25) is 5.91 Å². The molecule has 2 aromatic carbocycles. The highest BCUT2D eigenvalue weighted by atomic mass is 35.5. The van der Waals surface area contributed by atoms with Crippen LogP contribution >= 0.6 is 11.6 Å². The lowest BCUT2D eigenvalue weighted by Gasteiger charge is -2.53. The number of carbonyl (C=O) groups is 1. The first-order valence-electron chi connectivity index (χ1n) is 11.7. The molecule has 3 aliphatic rings. The number of halogens is 1. The molecule has 3 heterocycles. The number of benzene rings is 2. The molecular weight excluding hydrogens is 440 g/mol. The number of hydrogen-bond donors (Lipinski definition) is 2. The Morgan fingerprint density at radius 2 is 2.03 bits per heavy atom. The van der Waals surface area contributed by atoms with E-state index < -0.39 is 6.04 Å². The van der Waals surface area contributed by atoms with Crippen LogP contribution in [0, 0.1) is 11.8 Å². The Kier molecular flexibility index (Phi) is 5.79. The molecule has 2 fully saturated rings. The number of nitrogens with two attached hydrogens (primary N) is 1. The van der Waals surface area contributed by atoms with Crippen LogP contribution < -0.4 is 10.5 Å². The number of ether oxygens (including phenoxy) is 2. The fourth-order valence-electron chi connectivity index (χ4n) is 5.69. The molecule has 0 aromatic heterocycles. The summed E-state index contributed by atoms with van der Waals surface area (Å²) in [5.74, 6) is 1.44. The largest absolute Gasteiger partial charge is 0.508 e. The van der Waals surface area contributed by atoms with Crippen LogP contribution in [0.4, 0.5) is 0 Å². The predicted octanol–water partition coefficient (Wildman–Crippen LogP) is 4.08. The van der Waals surface area contributed by atoms with Gasteiger partial charge in [0, 0.05) is 35.5 Å². The maximum absolute atomic E-state index is 13.1. The molecule has 0 saturated carbocycles. The van der Waals surface area contributed by atoms with E-state index in [0.717, 1.165) is 29.7 Å². The first-order valence-corrected chi connectivity index (χ1v) is 12.1. The number of phenolic OH excluding ortho intramolecular Hbond substituents is 1. The number of rotatable bonds is 3. The Morgan fingerprint density at radius 3 is 2.79 bits per heavy atom. The summed E-state index contributed by atoms with van der Waals surface area (Å²) in [6, 6.07) is 12.0. The van der Waals surface area contributed by atoms with Gasteiger partial charge in [0.05, 0.1) is 18.2 Å². The van der Waals surface area contributed by atoms with Crippen molar-refractivity contribution in [3.63, 3.8) is 0 Å². The maximum Gasteiger partial charge on any atom is 0.239 e. The highest BCUT2D eigenvalue weighted by Crippen LogP contribution is 2.53. The van der Waals surface area contributed by atoms with Crippen molar-refractivity contribution in [3.8, 4) is 11.5 Å². The van der Waals surface area contributed by atoms with Crippen LogP contribution in [-0.2, 0) is 16.0 Å². The summed E-state index contributed by atoms with van der Waals surface area (Å²) in [5.41, 5.74) is 7.87. The van der Waals surface area contributed by atoms with Gasteiger partial charge in [-0.15, -0.1) is 0 Å². The van der Waals surface area contributed by atoms with Gasteiger partial charge in [-0.25, -0.2) is 0 Å². The molecule has 3 aliphatic heterocycles. The van der Waals surface area contributed by atoms with E-state index in [2.05, 4.69) is 13.8 Å². The molecular formula is C26H31ClN2O4. The minimum Gasteiger partial charge on any atom is -0.508 e. The van der Waals surface area contributed by atoms with Gasteiger partial charge in [-0.2, -0.15) is 0 Å². The van der Waals surface area contributed by atoms with E-state index in [1.165, 1.54) is 0 Å². The molecule has 5 rings (SSSR count). The lowest BCUT2D eigenvalue weighted by atomic mass is 9.70. The fraction of sp³-hybridized carbons (Fsp3) is 0.500. The zero-order chi connectivity index (χ0) is 23.3. The third-order valence-electron chi connectivity index (χ3n) is 7.47. The number of nitrogens with zero attached hydrogens (tertiary/aromatic N) is 1. The average Bonchev–Trinajstić information content (AvgIpc) is 2.79. The van der Waals surface area contributed by atoms with Gasteiger partial charge in [-0.1, -0.05) is 23.7 Å². The molecule has 5 atom stereocenters. The first-order chi connectivity index (χ1) is 15.7. The van der Waals surface area contributed by atoms with E-state index in [1.807, 2.05) is 23.1 Å². The first kappa shape index (κ1) is 22.5. The van der Waals surface area contributed by atoms with Crippen molar-refractivity contribution in [3.05, 3.63) is 58.6 Å². The van der Waals surface area contributed by atoms with E-state index in [-0.39, 0.29) is 41.3 Å². The Labute approximate surface area is 199 Å². The maximum atomic E-state index is 13.1. The molecule has 1 amide bonds. The summed E-state index contributed by atoms with van der Waals surface area (Å²) in [4.78, 5) is 15.0. The van der Waals surface area contributed by atoms with Crippen LogP contribution in [-0.4, -0.2) is 46.7 Å². The van der Waals surface area contributed by atoms with Crippen molar-refractivity contribution >= 4 is 17.5 Å². The van der Waals surface area contributed by atoms with Gasteiger partial charge >= 0.3 is 0 Å². The molecule has 7 heteroatoms. The van der Waals surface area contributed by atoms with Crippen LogP contribution in [0.2, 0.25) is 5.02 Å². The molecule has 0 unspecified atom stereocenters. The summed E-state index contributed by atoms with van der Waals surface area (Å²) in [6.07, 6.45) is 2.21. The smallest absolute Gasteiger partial charge is 0.239 e. The average molecular weight is 471 g/mol. The lowest BCUT2D eigenvalue weighted by molar-refractivity contribution is -0.189. The number of carbonyl (C=O) groups excluding carboxylic acids is 1. The summed E-state index contributed by atoms with van der Waals surface area (Å²) < 4.78 is 13.0. The van der Waals surface area contributed by atoms with Gasteiger partial charge in [0.15, 0.2) is 0 Å². The molecule has 6 nitrogen and oxygen atoms in total. The van der Waals surface area contributed by atoms with Crippen molar-refractivity contribution in [1.29, 1.82) is 0 Å². The van der Waals surface area contributed by atoms with Gasteiger partial charge < -0.3 is 25.2 Å². The Balaban J connectivity index is 1.29. The molecule has 0 aliphatic carbocycles. The van der Waals surface area contributed by atoms with Crippen molar-refractivity contribution in [2.24, 2.45) is 17.6 Å². The monoisotopic (exact) mass is 470 g/mol. The summed E-state index contributed by atoms with van der Waals surface area (Å²) in [6.45, 7) is 5.52. The van der Waals surface area contributed by atoms with Crippen LogP contribution in [0.5, 0.6) is 11.5 Å². The van der Waals surface area contributed by atoms with E-state index >= 15 is 0 Å². The summed E-state index contributed by atoms with van der Waals surface area (Å²) in [7, 11) is 0. The highest BCUT2D eigenvalue weighted by Gasteiger charge is 2.51. The topological polar surface area (TPSA) is 85.0 Å². The summed E-state index contributed by atoms with van der Waals surface area (Å²) in [5, 5.41) is 10.2. The molecule has 176 valence electrons. The van der Waals surface area contributed by atoms with Crippen molar-refractivity contribution < 1.29 is 19.4 Å². The second-order valence-electron chi connectivity index (χ2n) is 10.1. The number of fused-ring (bicyclic) bond motifs is 4. The third-order valence-corrected chi connectivity index (χ3v) is 7.71. The third kappa shape index (κ3) is 4.32. The molecule has 0 spiro atoms. The van der Waals surface area contributed by atoms with Crippen molar-refractivity contribution in [2.45, 2.75) is 57.0 Å². The quantitative estimate of drug-likeness (QED) is 0.706. The van der Waals surface area contributed by atoms with Crippen LogP contribution in [0.25, 0.3) is 0 Å². The van der Waals surface area contributed by atoms with Gasteiger partial charge in [0.25, 0.3) is 0 Å². The van der Waals surface area contributed by atoms with E-state index in [9.17, 15) is 9.90 Å². The zero-order valence-corrected chi connectivity index (χ0v) is 19.8. The van der Waals surface area contributed by atoms with E-state index in [0.29, 0.717) is 24.5 Å². The Hall–Kier alpha value is -2.28. The van der Waals surface area contributed by atoms with E-state index in [1.54, 1.807) is 24.3 Å². The molecule has 33 heavy (non-hydrogen) atoms. The van der Waals surface area contributed by atoms with Crippen LogP contribution in [0.3, 0.4) is 0 Å². The minimum atomic E-state index is -0.605. The number of amides is 1. The Morgan fingerprint density at radius 1 is 1.27 bits per heavy atom. The SMILES string of the molecule is CC1(C)Oc2ccc(Cl)cc2[C@@H]2O[C@@H]3CCN(C(=O)[C@@H](N)Cc4ccc(O)cc4)C[C@@H]3C[C@H]21. The lowest BCUT2D eigenvalue weighted by Crippen LogP contribution is -2.57. The van der Waals surface area contributed by atoms with Crippen LogP contribution in [0.1, 0.15) is 43.9 Å². The number of hydrogen-bond acceptors (Lipinski definition) is 5. The Bertz CT molecular complexity index is 1040. The highest BCUT2D eigenvalue weighted by molar-refractivity contribution is 6.30. The number of phenols is 1. The standard InChI is InChI=1S/C26H31ClN2O4/c1-26(2)20-12-16-14-29(25(31)21(28)11-15-3-6-18(30)7-4-15)10-9-22(16)32-24(20)19-13-17(27)5-8-23(19)33-26/h3-8,13,16,20-22,24,30H,9-12,14,28H2,1-2H3/t16-,20+,21-,22+,24-/m0/s1. The number of piperidine rings is 1. The zero-order valence-electron chi connectivity index (χ0n) is 19.0. The molecule has 0 bridgehead atoms. The minimum absolute atomic E-state index is 0.0278. The normalized spacial score (nSPS) is 28.7. The predicted molar refractivity (Wildman–Crippen MR) is 126 cm³/mol. The second kappa shape index (κ2) is 8.49. The molecule has 2 saturated heterocycles. The fourth-order valence-corrected chi connectivity index (χ4v) is 5.87. The van der Waals surface area contributed by atoms with Crippen molar-refractivity contribution in [2.75, 3.05) is 13.1 Å². The molecule has 3 N–H and O–H groups in total. The number of aromatic hydroxyl groups is 1. The van der Waals surface area contributed by atoms with Gasteiger partial charge in [-0.05, 0) is 69.0 Å². The van der Waals surface area contributed by atoms with E-state index in [4.69, 9.17) is 26.8 Å². The molecule has 2 aromatic rings.